The van der Waals surface area contributed by atoms with E-state index < -0.39 is 0 Å². The molecular formula is C16H17N3S. The summed E-state index contributed by atoms with van der Waals surface area (Å²) in [5.74, 6) is 0. The van der Waals surface area contributed by atoms with Gasteiger partial charge in [-0.3, -0.25) is 0 Å². The molecule has 102 valence electrons. The van der Waals surface area contributed by atoms with Gasteiger partial charge < -0.3 is 5.32 Å². The van der Waals surface area contributed by atoms with E-state index in [4.69, 9.17) is 0 Å². The minimum atomic E-state index is 0.809. The van der Waals surface area contributed by atoms with Crippen LogP contribution in [-0.4, -0.2) is 16.3 Å². The van der Waals surface area contributed by atoms with Crippen LogP contribution in [0.3, 0.4) is 0 Å². The Hall–Kier alpha value is -1.91. The molecule has 3 rings (SSSR count). The van der Waals surface area contributed by atoms with Crippen LogP contribution < -0.4 is 5.32 Å². The van der Waals surface area contributed by atoms with Crippen molar-refractivity contribution in [3.8, 4) is 5.69 Å². The number of hydrogen-bond donors (Lipinski definition) is 1. The van der Waals surface area contributed by atoms with Gasteiger partial charge in [0.15, 0.2) is 0 Å². The molecule has 0 unspecified atom stereocenters. The fourth-order valence-electron chi connectivity index (χ4n) is 2.06. The molecule has 0 aliphatic heterocycles. The van der Waals surface area contributed by atoms with Crippen LogP contribution in [0.4, 0.5) is 0 Å². The van der Waals surface area contributed by atoms with Crippen molar-refractivity contribution in [1.29, 1.82) is 0 Å². The molecule has 0 radical (unpaired) electrons. The second-order valence-electron chi connectivity index (χ2n) is 4.65. The number of para-hydroxylation sites is 1. The number of nitrogens with zero attached hydrogens (tertiary/aromatic N) is 2. The van der Waals surface area contributed by atoms with Crippen LogP contribution in [0.2, 0.25) is 0 Å². The number of rotatable bonds is 6. The first kappa shape index (κ1) is 13.1. The van der Waals surface area contributed by atoms with Crippen LogP contribution >= 0.6 is 11.3 Å². The highest BCUT2D eigenvalue weighted by atomic mass is 32.1. The predicted molar refractivity (Wildman–Crippen MR) is 83.3 cm³/mol. The molecule has 2 aromatic heterocycles. The van der Waals surface area contributed by atoms with Gasteiger partial charge in [-0.25, -0.2) is 4.68 Å². The summed E-state index contributed by atoms with van der Waals surface area (Å²) in [7, 11) is 0. The first-order valence-corrected chi connectivity index (χ1v) is 7.68. The summed E-state index contributed by atoms with van der Waals surface area (Å²) in [6.07, 6.45) is 3.08. The third-order valence-corrected chi connectivity index (χ3v) is 3.87. The maximum Gasteiger partial charge on any atom is 0.0766 e. The van der Waals surface area contributed by atoms with E-state index >= 15 is 0 Å². The van der Waals surface area contributed by atoms with E-state index in [1.165, 1.54) is 5.56 Å². The van der Waals surface area contributed by atoms with Gasteiger partial charge in [0.05, 0.1) is 11.4 Å². The third kappa shape index (κ3) is 3.35. The van der Waals surface area contributed by atoms with Crippen LogP contribution in [0.25, 0.3) is 5.69 Å². The highest BCUT2D eigenvalue weighted by Crippen LogP contribution is 2.07. The van der Waals surface area contributed by atoms with Crippen LogP contribution in [0, 0.1) is 0 Å². The molecule has 0 aliphatic carbocycles. The van der Waals surface area contributed by atoms with E-state index in [0.717, 1.165) is 30.9 Å². The van der Waals surface area contributed by atoms with Gasteiger partial charge in [0.25, 0.3) is 0 Å². The molecule has 4 heteroatoms. The topological polar surface area (TPSA) is 29.9 Å². The molecule has 0 saturated heterocycles. The van der Waals surface area contributed by atoms with Crippen LogP contribution in [-0.2, 0) is 13.0 Å². The Labute approximate surface area is 122 Å². The highest BCUT2D eigenvalue weighted by Gasteiger charge is 2.00. The van der Waals surface area contributed by atoms with E-state index in [1.807, 2.05) is 29.1 Å². The Kier molecular flexibility index (Phi) is 4.25. The molecule has 0 atom stereocenters. The quantitative estimate of drug-likeness (QED) is 0.704. The lowest BCUT2D eigenvalue weighted by Gasteiger charge is -2.02. The van der Waals surface area contributed by atoms with Gasteiger partial charge in [-0.2, -0.15) is 16.4 Å². The predicted octanol–water partition coefficient (Wildman–Crippen LogP) is 3.27. The molecule has 0 spiro atoms. The fourth-order valence-corrected chi connectivity index (χ4v) is 2.77. The molecule has 0 aliphatic rings. The molecule has 0 fully saturated rings. The molecule has 20 heavy (non-hydrogen) atoms. The summed E-state index contributed by atoms with van der Waals surface area (Å²) in [4.78, 5) is 0. The summed E-state index contributed by atoms with van der Waals surface area (Å²) in [5.41, 5.74) is 3.56. The Balaban J connectivity index is 1.50. The molecule has 3 aromatic rings. The summed E-state index contributed by atoms with van der Waals surface area (Å²) in [6, 6.07) is 14.4. The van der Waals surface area contributed by atoms with E-state index in [2.05, 4.69) is 45.4 Å². The van der Waals surface area contributed by atoms with Crippen molar-refractivity contribution < 1.29 is 0 Å². The van der Waals surface area contributed by atoms with Crippen molar-refractivity contribution in [2.75, 3.05) is 6.54 Å². The molecule has 2 heterocycles. The zero-order chi connectivity index (χ0) is 13.6. The van der Waals surface area contributed by atoms with Crippen LogP contribution in [0.1, 0.15) is 11.3 Å². The molecule has 1 N–H and O–H groups in total. The van der Waals surface area contributed by atoms with Gasteiger partial charge in [-0.1, -0.05) is 18.2 Å². The molecular weight excluding hydrogens is 266 g/mol. The van der Waals surface area contributed by atoms with Gasteiger partial charge in [0, 0.05) is 12.7 Å². The SMILES string of the molecule is c1ccc(-n2ccc(CNCCc3ccsc3)n2)cc1. The van der Waals surface area contributed by atoms with Crippen molar-refractivity contribution >= 4 is 11.3 Å². The normalized spacial score (nSPS) is 10.8. The summed E-state index contributed by atoms with van der Waals surface area (Å²) in [5, 5.41) is 12.3. The zero-order valence-electron chi connectivity index (χ0n) is 11.2. The fraction of sp³-hybridized carbons (Fsp3) is 0.188. The maximum absolute atomic E-state index is 4.57. The van der Waals surface area contributed by atoms with Gasteiger partial charge >= 0.3 is 0 Å². The van der Waals surface area contributed by atoms with Crippen LogP contribution in [0.5, 0.6) is 0 Å². The number of hydrogen-bond acceptors (Lipinski definition) is 3. The van der Waals surface area contributed by atoms with Crippen molar-refractivity contribution in [1.82, 2.24) is 15.1 Å². The molecule has 0 bridgehead atoms. The smallest absolute Gasteiger partial charge is 0.0766 e. The van der Waals surface area contributed by atoms with E-state index in [9.17, 15) is 0 Å². The van der Waals surface area contributed by atoms with Crippen molar-refractivity contribution in [3.05, 3.63) is 70.7 Å². The summed E-state index contributed by atoms with van der Waals surface area (Å²) in [6.45, 7) is 1.79. The Morgan fingerprint density at radius 3 is 2.80 bits per heavy atom. The number of aromatic nitrogens is 2. The Bertz CT molecular complexity index is 629. The van der Waals surface area contributed by atoms with Gasteiger partial charge in [-0.15, -0.1) is 0 Å². The summed E-state index contributed by atoms with van der Waals surface area (Å²) >= 11 is 1.75. The molecule has 1 aromatic carbocycles. The maximum atomic E-state index is 4.57. The highest BCUT2D eigenvalue weighted by molar-refractivity contribution is 7.07. The average molecular weight is 283 g/mol. The second-order valence-corrected chi connectivity index (χ2v) is 5.43. The van der Waals surface area contributed by atoms with E-state index in [1.54, 1.807) is 11.3 Å². The Morgan fingerprint density at radius 2 is 2.00 bits per heavy atom. The van der Waals surface area contributed by atoms with Gasteiger partial charge in [-0.05, 0) is 53.6 Å². The number of benzene rings is 1. The van der Waals surface area contributed by atoms with Crippen molar-refractivity contribution in [2.24, 2.45) is 0 Å². The van der Waals surface area contributed by atoms with Crippen LogP contribution in [0.15, 0.2) is 59.4 Å². The van der Waals surface area contributed by atoms with E-state index in [-0.39, 0.29) is 0 Å². The average Bonchev–Trinajstić information content (AvgIpc) is 3.16. The summed E-state index contributed by atoms with van der Waals surface area (Å²) < 4.78 is 1.91. The largest absolute Gasteiger partial charge is 0.311 e. The second kappa shape index (κ2) is 6.50. The van der Waals surface area contributed by atoms with Crippen molar-refractivity contribution in [2.45, 2.75) is 13.0 Å². The monoisotopic (exact) mass is 283 g/mol. The van der Waals surface area contributed by atoms with Gasteiger partial charge in [0.2, 0.25) is 0 Å². The first-order valence-electron chi connectivity index (χ1n) is 6.73. The molecule has 0 amide bonds. The lowest BCUT2D eigenvalue weighted by atomic mass is 10.2. The zero-order valence-corrected chi connectivity index (χ0v) is 12.0. The lowest BCUT2D eigenvalue weighted by Crippen LogP contribution is -2.17. The first-order chi connectivity index (χ1) is 9.92. The van der Waals surface area contributed by atoms with Gasteiger partial charge in [0.1, 0.15) is 0 Å². The minimum Gasteiger partial charge on any atom is -0.311 e. The Morgan fingerprint density at radius 1 is 1.10 bits per heavy atom. The number of thiophene rings is 1. The molecule has 3 nitrogen and oxygen atoms in total. The number of nitrogens with one attached hydrogen (secondary N) is 1. The molecule has 0 saturated carbocycles. The van der Waals surface area contributed by atoms with E-state index in [0.29, 0.717) is 0 Å². The lowest BCUT2D eigenvalue weighted by molar-refractivity contribution is 0.666. The standard InChI is InChI=1S/C16H17N3S/c1-2-4-16(5-3-1)19-10-7-15(18-19)12-17-9-6-14-8-11-20-13-14/h1-5,7-8,10-11,13,17H,6,9,12H2. The third-order valence-electron chi connectivity index (χ3n) is 3.14. The van der Waals surface area contributed by atoms with Crippen molar-refractivity contribution in [3.63, 3.8) is 0 Å². The minimum absolute atomic E-state index is 0.809.